The van der Waals surface area contributed by atoms with Crippen LogP contribution in [0.3, 0.4) is 0 Å². The third-order valence-electron chi connectivity index (χ3n) is 20.8. The number of ether oxygens (including phenoxy) is 5. The summed E-state index contributed by atoms with van der Waals surface area (Å²) in [5.74, 6) is 6.31. The monoisotopic (exact) mass is 1180 g/mol. The Hall–Kier alpha value is -4.21. The first-order valence-electron chi connectivity index (χ1n) is 35.6. The maximum absolute atomic E-state index is 13.9. The molecule has 4 aliphatic rings. The number of phenolic OH excluding ortho intramolecular Hbond substituents is 1. The summed E-state index contributed by atoms with van der Waals surface area (Å²) >= 11 is 0. The Morgan fingerprint density at radius 1 is 0.635 bits per heavy atom. The van der Waals surface area contributed by atoms with Crippen molar-refractivity contribution in [3.05, 3.63) is 53.1 Å². The van der Waals surface area contributed by atoms with Crippen LogP contribution in [0.5, 0.6) is 28.7 Å². The number of benzene rings is 2. The number of fused-ring (bicyclic) bond motifs is 5. The number of hydrazone groups is 1. The molecule has 8 atom stereocenters. The molecule has 0 spiro atoms. The maximum Gasteiger partial charge on any atom is 0.306 e. The van der Waals surface area contributed by atoms with Crippen molar-refractivity contribution in [1.82, 2.24) is 5.43 Å². The molecule has 1 amide bonds. The number of carbonyl (C=O) groups is 2. The van der Waals surface area contributed by atoms with E-state index in [4.69, 9.17) is 23.7 Å². The molecule has 3 fully saturated rings. The van der Waals surface area contributed by atoms with Crippen LogP contribution < -0.4 is 24.4 Å². The molecule has 10 nitrogen and oxygen atoms in total. The number of carbonyl (C=O) groups excluding carboxylic acids is 2. The summed E-state index contributed by atoms with van der Waals surface area (Å²) in [7, 11) is 0. The van der Waals surface area contributed by atoms with Gasteiger partial charge in [0.15, 0.2) is 11.5 Å². The quantitative estimate of drug-likeness (QED) is 0.0221. The smallest absolute Gasteiger partial charge is 0.306 e. The lowest BCUT2D eigenvalue weighted by molar-refractivity contribution is -0.151. The molecule has 0 aromatic heterocycles. The van der Waals surface area contributed by atoms with E-state index < -0.39 is 5.91 Å². The zero-order chi connectivity index (χ0) is 60.7. The summed E-state index contributed by atoms with van der Waals surface area (Å²) < 4.78 is 31.6. The molecule has 3 saturated carbocycles. The van der Waals surface area contributed by atoms with Crippen LogP contribution in [0.25, 0.3) is 0 Å². The van der Waals surface area contributed by atoms with Gasteiger partial charge in [0.05, 0.1) is 32.6 Å². The molecule has 0 heterocycles. The molecular formula is C75H122N2O8. The molecule has 0 aliphatic heterocycles. The minimum Gasteiger partial charge on any atom is -0.507 e. The third kappa shape index (κ3) is 22.4. The van der Waals surface area contributed by atoms with Crippen molar-refractivity contribution in [2.75, 3.05) is 26.4 Å². The van der Waals surface area contributed by atoms with Crippen LogP contribution in [-0.4, -0.2) is 55.7 Å². The van der Waals surface area contributed by atoms with Gasteiger partial charge in [0, 0.05) is 30.0 Å². The molecule has 85 heavy (non-hydrogen) atoms. The molecular weight excluding hydrogens is 1060 g/mol. The van der Waals surface area contributed by atoms with Crippen LogP contribution in [0.2, 0.25) is 0 Å². The fourth-order valence-corrected chi connectivity index (χ4v) is 15.7. The highest BCUT2D eigenvalue weighted by Gasteiger charge is 2.59. The van der Waals surface area contributed by atoms with Crippen LogP contribution in [0.1, 0.15) is 309 Å². The highest BCUT2D eigenvalue weighted by Crippen LogP contribution is 2.67. The van der Waals surface area contributed by atoms with Crippen LogP contribution in [0.15, 0.2) is 47.1 Å². The number of rotatable bonds is 44. The van der Waals surface area contributed by atoms with Gasteiger partial charge in [-0.25, -0.2) is 5.43 Å². The SMILES string of the molecule is CCCCCCCCCCOc1cc(C(=O)N/N=C/c2ccc(OCCCC(=O)O[C@H]3CC[C@@]4(C)C(=CC[C@H]5[C@@H]6CC[C@H]([C@H](C)CCCC(C)C)[C@@]6(C)CC[C@@H]54)C3)cc2O)cc(OCCCCCCCCCC)c1OCCCCCCCCCC. The molecule has 10 heteroatoms. The minimum atomic E-state index is -0.426. The number of nitrogens with one attached hydrogen (secondary N) is 1. The van der Waals surface area contributed by atoms with E-state index in [-0.39, 0.29) is 29.7 Å². The summed E-state index contributed by atoms with van der Waals surface area (Å²) in [4.78, 5) is 27.1. The number of hydrogen-bond acceptors (Lipinski definition) is 9. The average molecular weight is 1180 g/mol. The van der Waals surface area contributed by atoms with Crippen molar-refractivity contribution < 1.29 is 38.4 Å². The first-order valence-corrected chi connectivity index (χ1v) is 35.6. The molecule has 4 aliphatic carbocycles. The summed E-state index contributed by atoms with van der Waals surface area (Å²) in [6.45, 7) is 21.2. The zero-order valence-corrected chi connectivity index (χ0v) is 55.3. The molecule has 0 saturated heterocycles. The van der Waals surface area contributed by atoms with Gasteiger partial charge < -0.3 is 28.8 Å². The van der Waals surface area contributed by atoms with Crippen molar-refractivity contribution in [1.29, 1.82) is 0 Å². The number of aromatic hydroxyl groups is 1. The van der Waals surface area contributed by atoms with Gasteiger partial charge in [-0.1, -0.05) is 221 Å². The van der Waals surface area contributed by atoms with Gasteiger partial charge in [0.1, 0.15) is 17.6 Å². The van der Waals surface area contributed by atoms with E-state index in [0.29, 0.717) is 72.4 Å². The summed E-state index contributed by atoms with van der Waals surface area (Å²) in [5, 5.41) is 15.3. The second-order valence-corrected chi connectivity index (χ2v) is 27.8. The van der Waals surface area contributed by atoms with E-state index in [0.717, 1.165) is 93.3 Å². The predicted molar refractivity (Wildman–Crippen MR) is 352 cm³/mol. The molecule has 6 rings (SSSR count). The average Bonchev–Trinajstić information content (AvgIpc) is 3.41. The minimum absolute atomic E-state index is 0.0365. The van der Waals surface area contributed by atoms with Crippen molar-refractivity contribution >= 4 is 18.1 Å². The topological polar surface area (TPSA) is 125 Å². The number of esters is 1. The molecule has 2 N–H and O–H groups in total. The summed E-state index contributed by atoms with van der Waals surface area (Å²) in [6, 6.07) is 8.50. The molecule has 0 radical (unpaired) electrons. The second kappa shape index (κ2) is 38.3. The largest absolute Gasteiger partial charge is 0.507 e. The first-order chi connectivity index (χ1) is 41.3. The van der Waals surface area contributed by atoms with Gasteiger partial charge in [-0.2, -0.15) is 5.10 Å². The van der Waals surface area contributed by atoms with E-state index in [1.165, 1.54) is 179 Å². The zero-order valence-electron chi connectivity index (χ0n) is 55.3. The van der Waals surface area contributed by atoms with Gasteiger partial charge in [0.25, 0.3) is 5.91 Å². The Balaban J connectivity index is 0.981. The van der Waals surface area contributed by atoms with Crippen LogP contribution >= 0.6 is 0 Å². The Morgan fingerprint density at radius 2 is 1.20 bits per heavy atom. The van der Waals surface area contributed by atoms with E-state index >= 15 is 0 Å². The van der Waals surface area contributed by atoms with E-state index in [2.05, 4.69) is 72.0 Å². The Labute approximate surface area is 518 Å². The van der Waals surface area contributed by atoms with Gasteiger partial charge in [-0.05, 0) is 141 Å². The second-order valence-electron chi connectivity index (χ2n) is 27.8. The lowest BCUT2D eigenvalue weighted by Gasteiger charge is -2.58. The van der Waals surface area contributed by atoms with Gasteiger partial charge >= 0.3 is 5.97 Å². The molecule has 0 bridgehead atoms. The van der Waals surface area contributed by atoms with Crippen molar-refractivity contribution in [3.8, 4) is 28.7 Å². The van der Waals surface area contributed by atoms with Crippen LogP contribution in [0, 0.1) is 46.3 Å². The first kappa shape index (κ1) is 69.9. The van der Waals surface area contributed by atoms with Gasteiger partial charge in [-0.15, -0.1) is 0 Å². The van der Waals surface area contributed by atoms with E-state index in [1.807, 2.05) is 0 Å². The van der Waals surface area contributed by atoms with Crippen molar-refractivity contribution in [2.24, 2.45) is 51.4 Å². The number of hydrogen-bond donors (Lipinski definition) is 2. The van der Waals surface area contributed by atoms with Gasteiger partial charge in [-0.3, -0.25) is 9.59 Å². The normalized spacial score (nSPS) is 23.0. The Morgan fingerprint density at radius 3 is 1.78 bits per heavy atom. The number of nitrogens with zero attached hydrogens (tertiary/aromatic N) is 1. The Bertz CT molecular complexity index is 2250. The van der Waals surface area contributed by atoms with Crippen LogP contribution in [0.4, 0.5) is 0 Å². The predicted octanol–water partition coefficient (Wildman–Crippen LogP) is 20.8. The number of unbranched alkanes of at least 4 members (excludes halogenated alkanes) is 21. The molecule has 2 aromatic carbocycles. The fraction of sp³-hybridized carbons (Fsp3) is 0.773. The lowest BCUT2D eigenvalue weighted by atomic mass is 9.47. The van der Waals surface area contributed by atoms with E-state index in [1.54, 1.807) is 29.8 Å². The highest BCUT2D eigenvalue weighted by molar-refractivity contribution is 5.96. The molecule has 2 aromatic rings. The standard InChI is InChI=1S/C75H122N2O8/c1-9-12-15-18-21-24-27-30-48-82-69-52-60(53-70(83-49-31-28-25-22-19-16-13-10-2)72(69)84-50-32-29-26-23-20-17-14-11-3)73(80)77-76-56-59-38-40-62(55-68(59)78)81-51-34-37-71(79)85-63-44-46-74(7)61(54-63)39-41-64-66-43-42-65(58(6)36-33-35-57(4)5)75(66,8)47-45-67(64)74/h38-40,52-53,55-58,63-67,78H,9-37,41-51,54H2,1-8H3,(H,77,80)/b76-56+/t58-,63+,64+,65-,66+,67+,74+,75-/m1/s1. The Kier molecular flexibility index (Phi) is 31.5. The number of allylic oxidation sites excluding steroid dienone is 1. The molecule has 480 valence electrons. The summed E-state index contributed by atoms with van der Waals surface area (Å²) in [6.07, 6.45) is 47.3. The maximum atomic E-state index is 13.9. The van der Waals surface area contributed by atoms with Crippen molar-refractivity contribution in [3.63, 3.8) is 0 Å². The fourth-order valence-electron chi connectivity index (χ4n) is 15.7. The van der Waals surface area contributed by atoms with Gasteiger partial charge in [0.2, 0.25) is 5.75 Å². The highest BCUT2D eigenvalue weighted by atomic mass is 16.5. The van der Waals surface area contributed by atoms with E-state index in [9.17, 15) is 14.7 Å². The van der Waals surface area contributed by atoms with Crippen molar-refractivity contribution in [2.45, 2.75) is 299 Å². The number of amides is 1. The third-order valence-corrected chi connectivity index (χ3v) is 20.8. The molecule has 0 unspecified atom stereocenters. The summed E-state index contributed by atoms with van der Waals surface area (Å²) in [5.41, 5.74) is 5.69. The number of phenols is 1. The lowest BCUT2D eigenvalue weighted by Crippen LogP contribution is -2.51. The van der Waals surface area contributed by atoms with Crippen LogP contribution in [-0.2, 0) is 9.53 Å².